The molecule has 2 rings (SSSR count). The fourth-order valence-corrected chi connectivity index (χ4v) is 2.45. The largest absolute Gasteiger partial charge is 0.468 e. The minimum Gasteiger partial charge on any atom is -0.468 e. The molecule has 0 spiro atoms. The summed E-state index contributed by atoms with van der Waals surface area (Å²) in [5, 5.41) is 3.40. The van der Waals surface area contributed by atoms with Crippen LogP contribution in [-0.2, 0) is 17.8 Å². The van der Waals surface area contributed by atoms with Crippen LogP contribution in [0.4, 0.5) is 0 Å². The summed E-state index contributed by atoms with van der Waals surface area (Å²) in [6.45, 7) is 11.2. The van der Waals surface area contributed by atoms with Crippen molar-refractivity contribution in [2.24, 2.45) is 0 Å². The number of rotatable bonds is 6. The second kappa shape index (κ2) is 7.08. The summed E-state index contributed by atoms with van der Waals surface area (Å²) in [4.78, 5) is 2.47. The van der Waals surface area contributed by atoms with Gasteiger partial charge in [0.05, 0.1) is 25.5 Å². The molecule has 0 aromatic carbocycles. The van der Waals surface area contributed by atoms with Gasteiger partial charge in [-0.05, 0) is 32.9 Å². The lowest BCUT2D eigenvalue weighted by molar-refractivity contribution is -0.0528. The summed E-state index contributed by atoms with van der Waals surface area (Å²) in [7, 11) is 0. The van der Waals surface area contributed by atoms with Crippen LogP contribution in [0.3, 0.4) is 0 Å². The molecule has 1 aromatic rings. The quantitative estimate of drug-likeness (QED) is 0.802. The third-order valence-electron chi connectivity index (χ3n) is 3.66. The van der Waals surface area contributed by atoms with Crippen LogP contribution in [0.15, 0.2) is 16.7 Å². The second-order valence-electron chi connectivity index (χ2n) is 5.47. The van der Waals surface area contributed by atoms with Gasteiger partial charge in [-0.25, -0.2) is 0 Å². The Morgan fingerprint density at radius 1 is 1.42 bits per heavy atom. The molecule has 108 valence electrons. The fourth-order valence-electron chi connectivity index (χ4n) is 2.45. The maximum absolute atomic E-state index is 5.67. The Morgan fingerprint density at radius 2 is 2.26 bits per heavy atom. The molecule has 0 saturated carbocycles. The summed E-state index contributed by atoms with van der Waals surface area (Å²) in [6, 6.07) is 2.57. The van der Waals surface area contributed by atoms with Crippen LogP contribution in [0.2, 0.25) is 0 Å². The molecule has 19 heavy (non-hydrogen) atoms. The van der Waals surface area contributed by atoms with E-state index in [2.05, 4.69) is 37.1 Å². The van der Waals surface area contributed by atoms with Crippen LogP contribution in [0, 0.1) is 0 Å². The minimum absolute atomic E-state index is 0.324. The van der Waals surface area contributed by atoms with E-state index in [0.29, 0.717) is 12.1 Å². The van der Waals surface area contributed by atoms with Gasteiger partial charge in [0.2, 0.25) is 0 Å². The number of morpholine rings is 1. The van der Waals surface area contributed by atoms with Gasteiger partial charge in [0.15, 0.2) is 0 Å². The van der Waals surface area contributed by atoms with Gasteiger partial charge in [-0.2, -0.15) is 0 Å². The lowest BCUT2D eigenvalue weighted by Gasteiger charge is -2.36. The van der Waals surface area contributed by atoms with Crippen molar-refractivity contribution < 1.29 is 9.15 Å². The van der Waals surface area contributed by atoms with Crippen molar-refractivity contribution in [1.82, 2.24) is 10.2 Å². The molecule has 0 aliphatic carbocycles. The zero-order valence-electron chi connectivity index (χ0n) is 12.3. The Morgan fingerprint density at radius 3 is 3.05 bits per heavy atom. The summed E-state index contributed by atoms with van der Waals surface area (Å²) in [5.74, 6) is 1.07. The minimum atomic E-state index is 0.324. The highest BCUT2D eigenvalue weighted by atomic mass is 16.5. The number of nitrogens with zero attached hydrogens (tertiary/aromatic N) is 1. The SMILES string of the molecule is CCCNCc1occc1CN1CC(C)OCC1C. The summed E-state index contributed by atoms with van der Waals surface area (Å²) in [6.07, 6.45) is 3.27. The number of ether oxygens (including phenoxy) is 1. The van der Waals surface area contributed by atoms with Crippen LogP contribution >= 0.6 is 0 Å². The average molecular weight is 266 g/mol. The number of hydrogen-bond acceptors (Lipinski definition) is 4. The Hall–Kier alpha value is -0.840. The molecule has 2 heterocycles. The molecule has 1 saturated heterocycles. The van der Waals surface area contributed by atoms with Gasteiger partial charge < -0.3 is 14.5 Å². The lowest BCUT2D eigenvalue weighted by Crippen LogP contribution is -2.46. The van der Waals surface area contributed by atoms with E-state index in [1.165, 1.54) is 5.56 Å². The maximum Gasteiger partial charge on any atom is 0.122 e. The van der Waals surface area contributed by atoms with Crippen molar-refractivity contribution in [1.29, 1.82) is 0 Å². The van der Waals surface area contributed by atoms with Crippen LogP contribution in [0.1, 0.15) is 38.5 Å². The topological polar surface area (TPSA) is 37.6 Å². The summed E-state index contributed by atoms with van der Waals surface area (Å²) < 4.78 is 11.3. The molecule has 2 atom stereocenters. The van der Waals surface area contributed by atoms with Crippen LogP contribution < -0.4 is 5.32 Å². The van der Waals surface area contributed by atoms with Gasteiger partial charge in [-0.15, -0.1) is 0 Å². The van der Waals surface area contributed by atoms with E-state index < -0.39 is 0 Å². The second-order valence-corrected chi connectivity index (χ2v) is 5.47. The molecular formula is C15H26N2O2. The zero-order chi connectivity index (χ0) is 13.7. The van der Waals surface area contributed by atoms with E-state index in [1.807, 2.05) is 0 Å². The predicted octanol–water partition coefficient (Wildman–Crippen LogP) is 2.39. The van der Waals surface area contributed by atoms with Crippen molar-refractivity contribution in [3.05, 3.63) is 23.7 Å². The highest BCUT2D eigenvalue weighted by Crippen LogP contribution is 2.18. The van der Waals surface area contributed by atoms with Gasteiger partial charge in [0.1, 0.15) is 5.76 Å². The first-order valence-corrected chi connectivity index (χ1v) is 7.32. The van der Waals surface area contributed by atoms with Crippen molar-refractivity contribution in [2.45, 2.75) is 52.4 Å². The van der Waals surface area contributed by atoms with Gasteiger partial charge in [-0.1, -0.05) is 6.92 Å². The number of nitrogens with one attached hydrogen (secondary N) is 1. The maximum atomic E-state index is 5.67. The monoisotopic (exact) mass is 266 g/mol. The molecule has 4 nitrogen and oxygen atoms in total. The van der Waals surface area contributed by atoms with Crippen LogP contribution in [-0.4, -0.2) is 36.7 Å². The highest BCUT2D eigenvalue weighted by molar-refractivity contribution is 5.17. The third-order valence-corrected chi connectivity index (χ3v) is 3.66. The Balaban J connectivity index is 1.92. The molecule has 4 heteroatoms. The van der Waals surface area contributed by atoms with E-state index in [9.17, 15) is 0 Å². The van der Waals surface area contributed by atoms with Crippen molar-refractivity contribution in [3.63, 3.8) is 0 Å². The Bertz CT molecular complexity index is 378. The van der Waals surface area contributed by atoms with E-state index >= 15 is 0 Å². The zero-order valence-corrected chi connectivity index (χ0v) is 12.3. The van der Waals surface area contributed by atoms with Crippen LogP contribution in [0.25, 0.3) is 0 Å². The van der Waals surface area contributed by atoms with Gasteiger partial charge in [0.25, 0.3) is 0 Å². The molecule has 1 aromatic heterocycles. The average Bonchev–Trinajstić information content (AvgIpc) is 2.82. The van der Waals surface area contributed by atoms with Crippen molar-refractivity contribution in [2.75, 3.05) is 19.7 Å². The van der Waals surface area contributed by atoms with Crippen molar-refractivity contribution in [3.8, 4) is 0 Å². The van der Waals surface area contributed by atoms with Crippen LogP contribution in [0.5, 0.6) is 0 Å². The van der Waals surface area contributed by atoms with E-state index in [4.69, 9.17) is 9.15 Å². The van der Waals surface area contributed by atoms with E-state index in [1.54, 1.807) is 6.26 Å². The first-order chi connectivity index (χ1) is 9.20. The summed E-state index contributed by atoms with van der Waals surface area (Å²) >= 11 is 0. The third kappa shape index (κ3) is 4.06. The molecule has 1 N–H and O–H groups in total. The fraction of sp³-hybridized carbons (Fsp3) is 0.733. The molecule has 1 fully saturated rings. The van der Waals surface area contributed by atoms with E-state index in [-0.39, 0.29) is 0 Å². The number of furan rings is 1. The van der Waals surface area contributed by atoms with Gasteiger partial charge >= 0.3 is 0 Å². The molecule has 0 amide bonds. The lowest BCUT2D eigenvalue weighted by atomic mass is 10.1. The molecular weight excluding hydrogens is 240 g/mol. The first kappa shape index (κ1) is 14.6. The smallest absolute Gasteiger partial charge is 0.122 e. The predicted molar refractivity (Wildman–Crippen MR) is 76.0 cm³/mol. The molecule has 2 unspecified atom stereocenters. The normalized spacial score (nSPS) is 24.8. The van der Waals surface area contributed by atoms with Crippen molar-refractivity contribution >= 4 is 0 Å². The highest BCUT2D eigenvalue weighted by Gasteiger charge is 2.24. The first-order valence-electron chi connectivity index (χ1n) is 7.32. The Labute approximate surface area is 116 Å². The Kier molecular flexibility index (Phi) is 5.43. The van der Waals surface area contributed by atoms with Gasteiger partial charge in [-0.3, -0.25) is 4.90 Å². The molecule has 0 radical (unpaired) electrons. The molecule has 1 aliphatic heterocycles. The standard InChI is InChI=1S/C15H26N2O2/c1-4-6-16-8-15-14(5-7-18-15)10-17-9-13(3)19-11-12(17)2/h5,7,12-13,16H,4,6,8-11H2,1-3H3. The number of hydrogen-bond donors (Lipinski definition) is 1. The van der Waals surface area contributed by atoms with E-state index in [0.717, 1.165) is 45.0 Å². The molecule has 0 bridgehead atoms. The molecule has 1 aliphatic rings. The summed E-state index contributed by atoms with van der Waals surface area (Å²) in [5.41, 5.74) is 1.30. The van der Waals surface area contributed by atoms with Gasteiger partial charge in [0, 0.05) is 24.7 Å².